The normalized spacial score (nSPS) is 14.3. The lowest BCUT2D eigenvalue weighted by molar-refractivity contribution is 0.0303. The van der Waals surface area contributed by atoms with Crippen LogP contribution in [0.3, 0.4) is 0 Å². The van der Waals surface area contributed by atoms with Crippen molar-refractivity contribution in [1.29, 1.82) is 0 Å². The van der Waals surface area contributed by atoms with E-state index in [-0.39, 0.29) is 5.91 Å². The minimum atomic E-state index is 0.0119. The molecule has 2 heterocycles. The number of nitrogens with zero attached hydrogens (tertiary/aromatic N) is 3. The highest BCUT2D eigenvalue weighted by atomic mass is 35.5. The number of hydrogen-bond acceptors (Lipinski definition) is 4. The van der Waals surface area contributed by atoms with Crippen LogP contribution in [-0.4, -0.2) is 46.9 Å². The second-order valence-corrected chi connectivity index (χ2v) is 6.76. The van der Waals surface area contributed by atoms with E-state index >= 15 is 0 Å². The smallest absolute Gasteiger partial charge is 0.254 e. The van der Waals surface area contributed by atoms with E-state index in [1.165, 1.54) is 0 Å². The van der Waals surface area contributed by atoms with Crippen molar-refractivity contribution in [2.75, 3.05) is 32.0 Å². The number of carbonyl (C=O) groups excluding carboxylic acids is 1. The number of hydrogen-bond donors (Lipinski definition) is 1. The summed E-state index contributed by atoms with van der Waals surface area (Å²) in [5, 5.41) is 5.22. The van der Waals surface area contributed by atoms with Gasteiger partial charge in [0, 0.05) is 35.3 Å². The summed E-state index contributed by atoms with van der Waals surface area (Å²) in [4.78, 5) is 14.3. The molecule has 0 unspecified atom stereocenters. The SMILES string of the molecule is Nc1cc(-c2cccc(Cl)c2)nn1-c1ccc(C(=O)N2CCOCC2)cc1. The van der Waals surface area contributed by atoms with Gasteiger partial charge in [0.1, 0.15) is 5.82 Å². The highest BCUT2D eigenvalue weighted by Gasteiger charge is 2.18. The average molecular weight is 383 g/mol. The molecule has 7 heteroatoms. The molecule has 1 aromatic heterocycles. The van der Waals surface area contributed by atoms with Gasteiger partial charge in [-0.15, -0.1) is 0 Å². The zero-order chi connectivity index (χ0) is 18.8. The number of rotatable bonds is 3. The van der Waals surface area contributed by atoms with Crippen molar-refractivity contribution in [2.24, 2.45) is 0 Å². The fraction of sp³-hybridized carbons (Fsp3) is 0.200. The molecule has 2 aromatic carbocycles. The maximum atomic E-state index is 12.5. The van der Waals surface area contributed by atoms with E-state index in [1.807, 2.05) is 36.4 Å². The van der Waals surface area contributed by atoms with Gasteiger partial charge in [-0.2, -0.15) is 5.10 Å². The zero-order valence-electron chi connectivity index (χ0n) is 14.6. The summed E-state index contributed by atoms with van der Waals surface area (Å²) in [7, 11) is 0. The third kappa shape index (κ3) is 3.67. The van der Waals surface area contributed by atoms with E-state index < -0.39 is 0 Å². The van der Waals surface area contributed by atoms with E-state index in [0.29, 0.717) is 42.7 Å². The molecule has 1 saturated heterocycles. The van der Waals surface area contributed by atoms with Gasteiger partial charge in [0.2, 0.25) is 0 Å². The molecule has 3 aromatic rings. The van der Waals surface area contributed by atoms with Crippen LogP contribution >= 0.6 is 11.6 Å². The summed E-state index contributed by atoms with van der Waals surface area (Å²) in [5.41, 5.74) is 9.21. The van der Waals surface area contributed by atoms with Gasteiger partial charge in [0.25, 0.3) is 5.91 Å². The summed E-state index contributed by atoms with van der Waals surface area (Å²) >= 11 is 6.06. The zero-order valence-corrected chi connectivity index (χ0v) is 15.4. The Hall–Kier alpha value is -2.83. The summed E-state index contributed by atoms with van der Waals surface area (Å²) in [6.45, 7) is 2.41. The third-order valence-electron chi connectivity index (χ3n) is 4.51. The summed E-state index contributed by atoms with van der Waals surface area (Å²) in [6.07, 6.45) is 0. The number of ether oxygens (including phenoxy) is 1. The Morgan fingerprint density at radius 2 is 1.81 bits per heavy atom. The van der Waals surface area contributed by atoms with Gasteiger partial charge in [-0.05, 0) is 36.4 Å². The van der Waals surface area contributed by atoms with Crippen molar-refractivity contribution in [2.45, 2.75) is 0 Å². The van der Waals surface area contributed by atoms with Crippen molar-refractivity contribution in [1.82, 2.24) is 14.7 Å². The molecule has 1 aliphatic heterocycles. The highest BCUT2D eigenvalue weighted by Crippen LogP contribution is 2.25. The molecule has 1 amide bonds. The quantitative estimate of drug-likeness (QED) is 0.754. The van der Waals surface area contributed by atoms with Gasteiger partial charge in [0.15, 0.2) is 0 Å². The lowest BCUT2D eigenvalue weighted by Crippen LogP contribution is -2.40. The molecule has 138 valence electrons. The standard InChI is InChI=1S/C20H19ClN4O2/c21-16-3-1-2-15(12-16)18-13-19(22)25(23-18)17-6-4-14(5-7-17)20(26)24-8-10-27-11-9-24/h1-7,12-13H,8-11,22H2. The van der Waals surface area contributed by atoms with Crippen LogP contribution in [0, 0.1) is 0 Å². The number of halogens is 1. The van der Waals surface area contributed by atoms with Gasteiger partial charge in [0.05, 0.1) is 24.6 Å². The molecular formula is C20H19ClN4O2. The van der Waals surface area contributed by atoms with Gasteiger partial charge < -0.3 is 15.4 Å². The maximum absolute atomic E-state index is 12.5. The summed E-state index contributed by atoms with van der Waals surface area (Å²) in [5.74, 6) is 0.523. The van der Waals surface area contributed by atoms with Crippen molar-refractivity contribution in [3.05, 3.63) is 65.2 Å². The number of nitrogens with two attached hydrogens (primary N) is 1. The molecule has 1 fully saturated rings. The molecule has 27 heavy (non-hydrogen) atoms. The Morgan fingerprint density at radius 1 is 1.07 bits per heavy atom. The Balaban J connectivity index is 1.58. The first-order chi connectivity index (χ1) is 13.1. The molecule has 2 N–H and O–H groups in total. The maximum Gasteiger partial charge on any atom is 0.254 e. The first-order valence-corrected chi connectivity index (χ1v) is 9.08. The van der Waals surface area contributed by atoms with E-state index in [9.17, 15) is 4.79 Å². The van der Waals surface area contributed by atoms with Crippen LogP contribution in [0.5, 0.6) is 0 Å². The number of morpholine rings is 1. The highest BCUT2D eigenvalue weighted by molar-refractivity contribution is 6.30. The van der Waals surface area contributed by atoms with Crippen LogP contribution in [0.25, 0.3) is 16.9 Å². The van der Waals surface area contributed by atoms with Gasteiger partial charge in [-0.3, -0.25) is 4.79 Å². The minimum Gasteiger partial charge on any atom is -0.384 e. The number of nitrogen functional groups attached to an aromatic ring is 1. The van der Waals surface area contributed by atoms with Crippen LogP contribution in [0.15, 0.2) is 54.6 Å². The number of benzene rings is 2. The molecule has 0 radical (unpaired) electrons. The summed E-state index contributed by atoms with van der Waals surface area (Å²) in [6, 6.07) is 16.6. The molecular weight excluding hydrogens is 364 g/mol. The second kappa shape index (κ2) is 7.42. The Morgan fingerprint density at radius 3 is 2.52 bits per heavy atom. The van der Waals surface area contributed by atoms with Crippen LogP contribution < -0.4 is 5.73 Å². The van der Waals surface area contributed by atoms with Crippen molar-refractivity contribution < 1.29 is 9.53 Å². The average Bonchev–Trinajstić information content (AvgIpc) is 3.10. The predicted molar refractivity (Wildman–Crippen MR) is 105 cm³/mol. The third-order valence-corrected chi connectivity index (χ3v) is 4.75. The van der Waals surface area contributed by atoms with Gasteiger partial charge in [-0.25, -0.2) is 4.68 Å². The number of amides is 1. The molecule has 0 saturated carbocycles. The topological polar surface area (TPSA) is 73.4 Å². The molecule has 4 rings (SSSR count). The molecule has 0 spiro atoms. The summed E-state index contributed by atoms with van der Waals surface area (Å²) < 4.78 is 6.95. The number of aromatic nitrogens is 2. The van der Waals surface area contributed by atoms with Gasteiger partial charge >= 0.3 is 0 Å². The second-order valence-electron chi connectivity index (χ2n) is 6.33. The first-order valence-electron chi connectivity index (χ1n) is 8.71. The van der Waals surface area contributed by atoms with E-state index in [4.69, 9.17) is 22.1 Å². The van der Waals surface area contributed by atoms with Crippen LogP contribution in [0.4, 0.5) is 5.82 Å². The van der Waals surface area contributed by atoms with E-state index in [0.717, 1.165) is 16.9 Å². The fourth-order valence-corrected chi connectivity index (χ4v) is 3.28. The monoisotopic (exact) mass is 382 g/mol. The molecule has 0 bridgehead atoms. The predicted octanol–water partition coefficient (Wildman–Crippen LogP) is 3.25. The molecule has 1 aliphatic rings. The van der Waals surface area contributed by atoms with Crippen LogP contribution in [-0.2, 0) is 4.74 Å². The Labute approximate surface area is 162 Å². The fourth-order valence-electron chi connectivity index (χ4n) is 3.09. The Bertz CT molecular complexity index is 962. The molecule has 6 nitrogen and oxygen atoms in total. The van der Waals surface area contributed by atoms with Gasteiger partial charge in [-0.1, -0.05) is 23.7 Å². The van der Waals surface area contributed by atoms with Crippen molar-refractivity contribution in [3.8, 4) is 16.9 Å². The molecule has 0 atom stereocenters. The van der Waals surface area contributed by atoms with Crippen LogP contribution in [0.1, 0.15) is 10.4 Å². The minimum absolute atomic E-state index is 0.0119. The first kappa shape index (κ1) is 17.6. The number of anilines is 1. The van der Waals surface area contributed by atoms with Crippen LogP contribution in [0.2, 0.25) is 5.02 Å². The van der Waals surface area contributed by atoms with Crippen molar-refractivity contribution in [3.63, 3.8) is 0 Å². The van der Waals surface area contributed by atoms with E-state index in [1.54, 1.807) is 27.8 Å². The largest absolute Gasteiger partial charge is 0.384 e. The lowest BCUT2D eigenvalue weighted by Gasteiger charge is -2.26. The number of carbonyl (C=O) groups is 1. The Kier molecular flexibility index (Phi) is 4.83. The van der Waals surface area contributed by atoms with E-state index in [2.05, 4.69) is 5.10 Å². The van der Waals surface area contributed by atoms with Crippen molar-refractivity contribution >= 4 is 23.3 Å². The lowest BCUT2D eigenvalue weighted by atomic mass is 10.1. The molecule has 0 aliphatic carbocycles.